The van der Waals surface area contributed by atoms with Crippen LogP contribution < -0.4 is 10.2 Å². The van der Waals surface area contributed by atoms with Gasteiger partial charge in [0.2, 0.25) is 0 Å². The second kappa shape index (κ2) is 7.32. The summed E-state index contributed by atoms with van der Waals surface area (Å²) in [5.74, 6) is 0.597. The van der Waals surface area contributed by atoms with Crippen molar-refractivity contribution in [3.05, 3.63) is 29.7 Å². The van der Waals surface area contributed by atoms with Crippen LogP contribution in [0.4, 0.5) is 10.5 Å². The molecule has 3 fully saturated rings. The first-order valence-corrected chi connectivity index (χ1v) is 14.4. The Bertz CT molecular complexity index is 1010. The van der Waals surface area contributed by atoms with E-state index in [1.165, 1.54) is 18.4 Å². The molecule has 8 heteroatoms. The zero-order chi connectivity index (χ0) is 22.0. The van der Waals surface area contributed by atoms with Gasteiger partial charge in [-0.05, 0) is 54.9 Å². The number of ether oxygens (including phenoxy) is 1. The lowest BCUT2D eigenvalue weighted by Gasteiger charge is -2.38. The zero-order valence-corrected chi connectivity index (χ0v) is 20.3. The molecule has 2 aliphatic heterocycles. The first-order valence-electron chi connectivity index (χ1n) is 11.5. The average molecular weight is 443 g/mol. The van der Waals surface area contributed by atoms with Crippen molar-refractivity contribution in [3.63, 3.8) is 0 Å². The van der Waals surface area contributed by atoms with Crippen LogP contribution in [-0.2, 0) is 9.16 Å². The number of carbonyl (C=O) groups excluding carboxylic acids is 1. The number of pyridine rings is 1. The molecule has 168 valence electrons. The van der Waals surface area contributed by atoms with E-state index >= 15 is 0 Å². The third kappa shape index (κ3) is 3.89. The maximum atomic E-state index is 12.3. The number of rotatable bonds is 5. The van der Waals surface area contributed by atoms with Crippen molar-refractivity contribution in [2.75, 3.05) is 24.6 Å². The lowest BCUT2D eigenvalue weighted by Crippen LogP contribution is -2.44. The van der Waals surface area contributed by atoms with Crippen molar-refractivity contribution in [2.45, 2.75) is 76.2 Å². The topological polar surface area (TPSA) is 68.1 Å². The molecular weight excluding hydrogens is 408 g/mol. The molecule has 0 bridgehead atoms. The van der Waals surface area contributed by atoms with E-state index in [0.29, 0.717) is 19.1 Å². The molecule has 31 heavy (non-hydrogen) atoms. The van der Waals surface area contributed by atoms with Crippen molar-refractivity contribution in [3.8, 4) is 0 Å². The summed E-state index contributed by atoms with van der Waals surface area (Å²) in [6, 6.07) is 2.30. The Morgan fingerprint density at radius 1 is 1.26 bits per heavy atom. The van der Waals surface area contributed by atoms with Gasteiger partial charge >= 0.3 is 6.09 Å². The molecule has 3 aliphatic rings. The van der Waals surface area contributed by atoms with E-state index in [9.17, 15) is 4.79 Å². The van der Waals surface area contributed by atoms with Crippen LogP contribution in [-0.4, -0.2) is 49.6 Å². The van der Waals surface area contributed by atoms with Gasteiger partial charge in [0, 0.05) is 18.9 Å². The van der Waals surface area contributed by atoms with Gasteiger partial charge in [-0.25, -0.2) is 9.78 Å². The fourth-order valence-corrected chi connectivity index (χ4v) is 5.72. The number of carbonyl (C=O) groups is 1. The summed E-state index contributed by atoms with van der Waals surface area (Å²) < 4.78 is 13.9. The summed E-state index contributed by atoms with van der Waals surface area (Å²) in [5, 5.41) is 3.82. The van der Waals surface area contributed by atoms with Crippen LogP contribution in [0.2, 0.25) is 18.1 Å². The van der Waals surface area contributed by atoms with Crippen molar-refractivity contribution in [2.24, 2.45) is 0 Å². The van der Waals surface area contributed by atoms with Gasteiger partial charge in [0.1, 0.15) is 6.61 Å². The highest BCUT2D eigenvalue weighted by Gasteiger charge is 2.41. The molecule has 1 saturated carbocycles. The second-order valence-electron chi connectivity index (χ2n) is 10.8. The van der Waals surface area contributed by atoms with E-state index < -0.39 is 8.32 Å². The Kier molecular flexibility index (Phi) is 4.95. The highest BCUT2D eigenvalue weighted by Crippen LogP contribution is 2.43. The number of nitrogens with zero attached hydrogens (tertiary/aromatic N) is 3. The molecule has 5 rings (SSSR count). The van der Waals surface area contributed by atoms with Crippen LogP contribution >= 0.6 is 0 Å². The van der Waals surface area contributed by atoms with Crippen molar-refractivity contribution in [1.29, 1.82) is 0 Å². The molecule has 1 amide bonds. The first kappa shape index (κ1) is 21.0. The van der Waals surface area contributed by atoms with Crippen LogP contribution in [0.1, 0.15) is 63.3 Å². The van der Waals surface area contributed by atoms with Gasteiger partial charge in [0.05, 0.1) is 30.1 Å². The molecule has 2 saturated heterocycles. The Morgan fingerprint density at radius 2 is 2.03 bits per heavy atom. The van der Waals surface area contributed by atoms with Crippen LogP contribution in [0.3, 0.4) is 0 Å². The van der Waals surface area contributed by atoms with E-state index in [-0.39, 0.29) is 23.3 Å². The van der Waals surface area contributed by atoms with Gasteiger partial charge < -0.3 is 18.9 Å². The summed E-state index contributed by atoms with van der Waals surface area (Å²) in [6.45, 7) is 13.3. The normalized spacial score (nSPS) is 24.9. The van der Waals surface area contributed by atoms with Crippen molar-refractivity contribution in [1.82, 2.24) is 14.7 Å². The number of imidazole rings is 1. The molecule has 7 nitrogen and oxygen atoms in total. The number of hydrogen-bond acceptors (Lipinski definition) is 5. The summed E-state index contributed by atoms with van der Waals surface area (Å²) >= 11 is 0. The molecular formula is C23H34N4O3Si. The minimum absolute atomic E-state index is 0.164. The van der Waals surface area contributed by atoms with Gasteiger partial charge in [-0.15, -0.1) is 0 Å². The maximum absolute atomic E-state index is 12.3. The van der Waals surface area contributed by atoms with Crippen LogP contribution in [0.25, 0.3) is 5.65 Å². The Balaban J connectivity index is 1.42. The van der Waals surface area contributed by atoms with Gasteiger partial charge in [0.25, 0.3) is 0 Å². The Labute approximate surface area is 185 Å². The lowest BCUT2D eigenvalue weighted by molar-refractivity contribution is 0.181. The third-order valence-corrected chi connectivity index (χ3v) is 11.9. The SMILES string of the molecule is CC(C)(C)[Si](C)(C)O[C@@H]1CN[C@@H](c2cn3cc(C4CC4)cc(N4CCOC4=O)c3n2)C1. The van der Waals surface area contributed by atoms with E-state index in [4.69, 9.17) is 14.1 Å². The zero-order valence-electron chi connectivity index (χ0n) is 19.3. The quantitative estimate of drug-likeness (QED) is 0.686. The Hall–Kier alpha value is -1.90. The predicted molar refractivity (Wildman–Crippen MR) is 123 cm³/mol. The summed E-state index contributed by atoms with van der Waals surface area (Å²) in [5.41, 5.74) is 3.99. The summed E-state index contributed by atoms with van der Waals surface area (Å²) in [4.78, 5) is 19.0. The molecule has 1 N–H and O–H groups in total. The number of nitrogens with one attached hydrogen (secondary N) is 1. The van der Waals surface area contributed by atoms with E-state index in [2.05, 4.69) is 62.0 Å². The molecule has 2 aromatic heterocycles. The number of fused-ring (bicyclic) bond motifs is 1. The van der Waals surface area contributed by atoms with Gasteiger partial charge in [-0.1, -0.05) is 20.8 Å². The van der Waals surface area contributed by atoms with E-state index in [0.717, 1.165) is 30.0 Å². The van der Waals surface area contributed by atoms with E-state index in [1.807, 2.05) is 0 Å². The first-order chi connectivity index (χ1) is 14.6. The van der Waals surface area contributed by atoms with Gasteiger partial charge in [-0.3, -0.25) is 4.90 Å². The number of amides is 1. The highest BCUT2D eigenvalue weighted by molar-refractivity contribution is 6.74. The number of hydrogen-bond donors (Lipinski definition) is 1. The molecule has 0 aromatic carbocycles. The summed E-state index contributed by atoms with van der Waals surface area (Å²) in [6.07, 6.45) is 7.60. The third-order valence-electron chi connectivity index (χ3n) is 7.39. The average Bonchev–Trinajstić information content (AvgIpc) is 3.07. The lowest BCUT2D eigenvalue weighted by atomic mass is 10.1. The highest BCUT2D eigenvalue weighted by atomic mass is 28.4. The Morgan fingerprint density at radius 3 is 2.68 bits per heavy atom. The second-order valence-corrected chi connectivity index (χ2v) is 15.5. The van der Waals surface area contributed by atoms with Crippen LogP contribution in [0.15, 0.2) is 18.5 Å². The molecule has 0 radical (unpaired) electrons. The standard InChI is InChI=1S/C23H34N4O3Si/c1-23(2,3)31(4,5)30-17-11-18(24-12-17)19-14-26-13-16(15-6-7-15)10-20(21(26)25-19)27-8-9-29-22(27)28/h10,13-15,17-18,24H,6-9,11-12H2,1-5H3/t17-,18+/m0/s1. The van der Waals surface area contributed by atoms with Gasteiger partial charge in [0.15, 0.2) is 14.0 Å². The molecule has 0 unspecified atom stereocenters. The minimum atomic E-state index is -1.80. The fourth-order valence-electron chi connectivity index (χ4n) is 4.35. The minimum Gasteiger partial charge on any atom is -0.447 e. The number of cyclic esters (lactones) is 1. The van der Waals surface area contributed by atoms with Crippen molar-refractivity contribution >= 4 is 25.7 Å². The molecule has 0 spiro atoms. The number of anilines is 1. The molecule has 4 heterocycles. The molecule has 1 aliphatic carbocycles. The number of aromatic nitrogens is 2. The van der Waals surface area contributed by atoms with Crippen LogP contribution in [0.5, 0.6) is 0 Å². The van der Waals surface area contributed by atoms with Crippen LogP contribution in [0, 0.1) is 0 Å². The fraction of sp³-hybridized carbons (Fsp3) is 0.652. The maximum Gasteiger partial charge on any atom is 0.414 e. The van der Waals surface area contributed by atoms with Gasteiger partial charge in [-0.2, -0.15) is 0 Å². The monoisotopic (exact) mass is 442 g/mol. The predicted octanol–water partition coefficient (Wildman–Crippen LogP) is 4.59. The largest absolute Gasteiger partial charge is 0.447 e. The molecule has 2 atom stereocenters. The molecule has 2 aromatic rings. The smallest absolute Gasteiger partial charge is 0.414 e. The van der Waals surface area contributed by atoms with E-state index in [1.54, 1.807) is 4.90 Å². The summed E-state index contributed by atoms with van der Waals surface area (Å²) in [7, 11) is -1.80. The van der Waals surface area contributed by atoms with Crippen molar-refractivity contribution < 1.29 is 14.0 Å².